The highest BCUT2D eigenvalue weighted by Crippen LogP contribution is 2.15. The van der Waals surface area contributed by atoms with Gasteiger partial charge in [-0.2, -0.15) is 0 Å². The van der Waals surface area contributed by atoms with Crippen molar-refractivity contribution in [2.45, 2.75) is 31.8 Å². The molecule has 0 aliphatic carbocycles. The molecule has 1 aliphatic heterocycles. The predicted octanol–water partition coefficient (Wildman–Crippen LogP) is 2.12. The van der Waals surface area contributed by atoms with Gasteiger partial charge in [0.25, 0.3) is 0 Å². The van der Waals surface area contributed by atoms with Crippen LogP contribution in [0.25, 0.3) is 0 Å². The first-order chi connectivity index (χ1) is 9.69. The molecule has 0 aromatic heterocycles. The fourth-order valence-electron chi connectivity index (χ4n) is 2.41. The van der Waals surface area contributed by atoms with Crippen molar-refractivity contribution in [2.75, 3.05) is 18.4 Å². The normalized spacial score (nSPS) is 16.9. The highest BCUT2D eigenvalue weighted by Gasteiger charge is 2.13. The number of anilines is 1. The van der Waals surface area contributed by atoms with Crippen LogP contribution in [0.5, 0.6) is 0 Å². The Kier molecular flexibility index (Phi) is 5.32. The molecule has 1 atom stereocenters. The molecule has 3 N–H and O–H groups in total. The zero-order valence-corrected chi connectivity index (χ0v) is 11.8. The van der Waals surface area contributed by atoms with Gasteiger partial charge in [0, 0.05) is 12.2 Å². The summed E-state index contributed by atoms with van der Waals surface area (Å²) in [6.07, 6.45) is 4.74. The highest BCUT2D eigenvalue weighted by molar-refractivity contribution is 5.94. The molecule has 4 nitrogen and oxygen atoms in total. The lowest BCUT2D eigenvalue weighted by atomic mass is 10.1. The molecule has 108 valence electrons. The van der Waals surface area contributed by atoms with Crippen LogP contribution in [0.15, 0.2) is 36.9 Å². The van der Waals surface area contributed by atoms with Crippen molar-refractivity contribution in [3.05, 3.63) is 42.5 Å². The van der Waals surface area contributed by atoms with Crippen LogP contribution in [0.4, 0.5) is 5.69 Å². The molecule has 20 heavy (non-hydrogen) atoms. The van der Waals surface area contributed by atoms with Gasteiger partial charge in [0.1, 0.15) is 0 Å². The van der Waals surface area contributed by atoms with Gasteiger partial charge in [-0.25, -0.2) is 0 Å². The molecule has 2 rings (SSSR count). The molecule has 1 unspecified atom stereocenters. The smallest absolute Gasteiger partial charge is 0.241 e. The van der Waals surface area contributed by atoms with E-state index in [9.17, 15) is 4.79 Å². The largest absolute Gasteiger partial charge is 0.325 e. The number of hydrogen-bond acceptors (Lipinski definition) is 3. The maximum absolute atomic E-state index is 11.8. The van der Waals surface area contributed by atoms with Crippen molar-refractivity contribution in [3.8, 4) is 0 Å². The number of rotatable bonds is 6. The van der Waals surface area contributed by atoms with E-state index in [0.29, 0.717) is 6.42 Å². The minimum absolute atomic E-state index is 0.169. The van der Waals surface area contributed by atoms with Gasteiger partial charge in [0.15, 0.2) is 0 Å². The van der Waals surface area contributed by atoms with E-state index in [0.717, 1.165) is 12.2 Å². The number of nitrogens with one attached hydrogen (secondary N) is 1. The maximum atomic E-state index is 11.8. The zero-order chi connectivity index (χ0) is 14.4. The van der Waals surface area contributed by atoms with Gasteiger partial charge in [-0.3, -0.25) is 9.69 Å². The first kappa shape index (κ1) is 14.8. The van der Waals surface area contributed by atoms with Gasteiger partial charge in [0.05, 0.1) is 6.04 Å². The fourth-order valence-corrected chi connectivity index (χ4v) is 2.41. The summed E-state index contributed by atoms with van der Waals surface area (Å²) in [6, 6.07) is 7.46. The molecule has 0 spiro atoms. The SMILES string of the molecule is C=CCC(N)C(=O)Nc1ccc(CN2CCCC2)cc1. The van der Waals surface area contributed by atoms with Crippen LogP contribution >= 0.6 is 0 Å². The summed E-state index contributed by atoms with van der Waals surface area (Å²) >= 11 is 0. The lowest BCUT2D eigenvalue weighted by molar-refractivity contribution is -0.117. The van der Waals surface area contributed by atoms with Crippen LogP contribution in [0.3, 0.4) is 0 Å². The summed E-state index contributed by atoms with van der Waals surface area (Å²) in [7, 11) is 0. The summed E-state index contributed by atoms with van der Waals surface area (Å²) in [6.45, 7) is 6.95. The standard InChI is InChI=1S/C16H23N3O/c1-2-5-15(17)16(20)18-14-8-6-13(7-9-14)12-19-10-3-4-11-19/h2,6-9,15H,1,3-5,10-12,17H2,(H,18,20). The Morgan fingerprint density at radius 3 is 2.60 bits per heavy atom. The van der Waals surface area contributed by atoms with Gasteiger partial charge in [-0.05, 0) is 50.0 Å². The third-order valence-electron chi connectivity index (χ3n) is 3.58. The van der Waals surface area contributed by atoms with Crippen molar-refractivity contribution in [3.63, 3.8) is 0 Å². The third kappa shape index (κ3) is 4.18. The van der Waals surface area contributed by atoms with Crippen molar-refractivity contribution in [1.29, 1.82) is 0 Å². The highest BCUT2D eigenvalue weighted by atomic mass is 16.2. The zero-order valence-electron chi connectivity index (χ0n) is 11.8. The maximum Gasteiger partial charge on any atom is 0.241 e. The quantitative estimate of drug-likeness (QED) is 0.781. The van der Waals surface area contributed by atoms with Gasteiger partial charge >= 0.3 is 0 Å². The number of likely N-dealkylation sites (tertiary alicyclic amines) is 1. The molecule has 1 heterocycles. The summed E-state index contributed by atoms with van der Waals surface area (Å²) in [5.74, 6) is -0.169. The van der Waals surface area contributed by atoms with E-state index >= 15 is 0 Å². The summed E-state index contributed by atoms with van der Waals surface area (Å²) in [4.78, 5) is 14.2. The Bertz CT molecular complexity index is 449. The molecule has 0 saturated carbocycles. The first-order valence-corrected chi connectivity index (χ1v) is 7.17. The van der Waals surface area contributed by atoms with Crippen LogP contribution in [0, 0.1) is 0 Å². The lowest BCUT2D eigenvalue weighted by Gasteiger charge is -2.15. The van der Waals surface area contributed by atoms with Crippen LogP contribution < -0.4 is 11.1 Å². The molecular weight excluding hydrogens is 250 g/mol. The fraction of sp³-hybridized carbons (Fsp3) is 0.438. The molecule has 1 aliphatic rings. The minimum atomic E-state index is -0.531. The number of nitrogens with two attached hydrogens (primary N) is 1. The number of nitrogens with zero attached hydrogens (tertiary/aromatic N) is 1. The van der Waals surface area contributed by atoms with Crippen molar-refractivity contribution in [1.82, 2.24) is 4.90 Å². The second-order valence-corrected chi connectivity index (χ2v) is 5.30. The van der Waals surface area contributed by atoms with Gasteiger partial charge in [-0.15, -0.1) is 6.58 Å². The summed E-state index contributed by atoms with van der Waals surface area (Å²) < 4.78 is 0. The Balaban J connectivity index is 1.87. The second kappa shape index (κ2) is 7.22. The number of carbonyl (C=O) groups is 1. The third-order valence-corrected chi connectivity index (χ3v) is 3.58. The Morgan fingerprint density at radius 2 is 2.00 bits per heavy atom. The number of hydrogen-bond donors (Lipinski definition) is 2. The molecule has 1 aromatic carbocycles. The average Bonchev–Trinajstić information content (AvgIpc) is 2.94. The van der Waals surface area contributed by atoms with Crippen LogP contribution in [0.2, 0.25) is 0 Å². The minimum Gasteiger partial charge on any atom is -0.325 e. The second-order valence-electron chi connectivity index (χ2n) is 5.30. The molecule has 1 saturated heterocycles. The Hall–Kier alpha value is -1.65. The van der Waals surface area contributed by atoms with Crippen molar-refractivity contribution < 1.29 is 4.79 Å². The lowest BCUT2D eigenvalue weighted by Crippen LogP contribution is -2.35. The predicted molar refractivity (Wildman–Crippen MR) is 82.4 cm³/mol. The van der Waals surface area contributed by atoms with Crippen LogP contribution in [-0.4, -0.2) is 29.9 Å². The monoisotopic (exact) mass is 273 g/mol. The van der Waals surface area contributed by atoms with Crippen molar-refractivity contribution >= 4 is 11.6 Å². The van der Waals surface area contributed by atoms with E-state index in [4.69, 9.17) is 5.73 Å². The van der Waals surface area contributed by atoms with Crippen LogP contribution in [0.1, 0.15) is 24.8 Å². The topological polar surface area (TPSA) is 58.4 Å². The summed E-state index contributed by atoms with van der Waals surface area (Å²) in [5, 5.41) is 2.82. The number of benzene rings is 1. The molecule has 1 amide bonds. The molecular formula is C16H23N3O. The Morgan fingerprint density at radius 1 is 1.35 bits per heavy atom. The van der Waals surface area contributed by atoms with E-state index in [-0.39, 0.29) is 5.91 Å². The molecule has 1 fully saturated rings. The number of amides is 1. The molecule has 0 radical (unpaired) electrons. The van der Waals surface area contributed by atoms with E-state index in [1.807, 2.05) is 12.1 Å². The van der Waals surface area contributed by atoms with Gasteiger partial charge in [0.2, 0.25) is 5.91 Å². The van der Waals surface area contributed by atoms with Gasteiger partial charge in [-0.1, -0.05) is 18.2 Å². The van der Waals surface area contributed by atoms with E-state index < -0.39 is 6.04 Å². The first-order valence-electron chi connectivity index (χ1n) is 7.17. The van der Waals surface area contributed by atoms with Gasteiger partial charge < -0.3 is 11.1 Å². The van der Waals surface area contributed by atoms with Crippen molar-refractivity contribution in [2.24, 2.45) is 5.73 Å². The van der Waals surface area contributed by atoms with Crippen LogP contribution in [-0.2, 0) is 11.3 Å². The molecule has 1 aromatic rings. The average molecular weight is 273 g/mol. The van der Waals surface area contributed by atoms with E-state index in [2.05, 4.69) is 28.9 Å². The van der Waals surface area contributed by atoms with E-state index in [1.54, 1.807) is 6.08 Å². The van der Waals surface area contributed by atoms with E-state index in [1.165, 1.54) is 31.5 Å². The molecule has 0 bridgehead atoms. The molecule has 4 heteroatoms. The number of carbonyl (C=O) groups excluding carboxylic acids is 1. The summed E-state index contributed by atoms with van der Waals surface area (Å²) in [5.41, 5.74) is 7.79. The Labute approximate surface area is 120 Å².